The second-order valence-electron chi connectivity index (χ2n) is 2.68. The van der Waals surface area contributed by atoms with Gasteiger partial charge in [-0.15, -0.1) is 0 Å². The maximum absolute atomic E-state index is 12.2. The number of hydrogen-bond acceptors (Lipinski definition) is 4. The van der Waals surface area contributed by atoms with E-state index in [0.717, 1.165) is 0 Å². The van der Waals surface area contributed by atoms with Gasteiger partial charge >= 0.3 is 11.8 Å². The van der Waals surface area contributed by atoms with Crippen molar-refractivity contribution in [3.05, 3.63) is 37.7 Å². The van der Waals surface area contributed by atoms with Crippen molar-refractivity contribution in [3.8, 4) is 0 Å². The number of nitrogens with zero attached hydrogens (tertiary/aromatic N) is 1. The van der Waals surface area contributed by atoms with Gasteiger partial charge in [0, 0.05) is 6.07 Å². The first-order valence-electron chi connectivity index (χ1n) is 3.77. The Morgan fingerprint density at radius 2 is 2.12 bits per heavy atom. The molecule has 0 radical (unpaired) electrons. The number of aromatic nitrogens is 1. The predicted molar refractivity (Wildman–Crippen MR) is 45.6 cm³/mol. The topological polar surface area (TPSA) is 113 Å². The molecule has 0 fully saturated rings. The van der Waals surface area contributed by atoms with Gasteiger partial charge in [0.05, 0.1) is 0 Å². The molecule has 0 aromatic carbocycles. The summed E-state index contributed by atoms with van der Waals surface area (Å²) in [6, 6.07) is 0.321. The highest BCUT2D eigenvalue weighted by atomic mass is 19.3. The predicted octanol–water partition coefficient (Wildman–Crippen LogP) is 0.919. The Labute approximate surface area is 85.5 Å². The maximum atomic E-state index is 12.2. The molecule has 0 aliphatic heterocycles. The smallest absolute Gasteiger partial charge is 0.348 e. The number of aromatic carboxylic acids is 1. The van der Waals surface area contributed by atoms with E-state index in [1.165, 1.54) is 0 Å². The van der Waals surface area contributed by atoms with Crippen molar-refractivity contribution < 1.29 is 23.6 Å². The van der Waals surface area contributed by atoms with E-state index in [1.807, 2.05) is 0 Å². The number of nitrogens with one attached hydrogen (secondary N) is 1. The van der Waals surface area contributed by atoms with Gasteiger partial charge in [0.1, 0.15) is 0 Å². The van der Waals surface area contributed by atoms with Gasteiger partial charge in [-0.2, -0.15) is 0 Å². The third-order valence-corrected chi connectivity index (χ3v) is 1.66. The van der Waals surface area contributed by atoms with Crippen molar-refractivity contribution in [2.75, 3.05) is 0 Å². The maximum Gasteiger partial charge on any atom is 0.348 e. The average Bonchev–Trinajstić information content (AvgIpc) is 2.15. The molecule has 1 rings (SSSR count). The molecule has 0 amide bonds. The number of alkyl halides is 2. The molecule has 1 aromatic rings. The summed E-state index contributed by atoms with van der Waals surface area (Å²) in [6.45, 7) is 0. The molecule has 9 heteroatoms. The third-order valence-electron chi connectivity index (χ3n) is 1.66. The molecular weight excluding hydrogens is 230 g/mol. The van der Waals surface area contributed by atoms with Crippen molar-refractivity contribution in [2.24, 2.45) is 0 Å². The lowest BCUT2D eigenvalue weighted by Gasteiger charge is -2.01. The number of pyridine rings is 1. The van der Waals surface area contributed by atoms with E-state index in [1.54, 1.807) is 4.98 Å². The fourth-order valence-corrected chi connectivity index (χ4v) is 1.03. The number of carbonyl (C=O) groups is 1. The fourth-order valence-electron chi connectivity index (χ4n) is 1.03. The number of H-pyrrole nitrogens is 1. The molecule has 0 aliphatic rings. The van der Waals surface area contributed by atoms with Crippen molar-refractivity contribution in [3.63, 3.8) is 0 Å². The molecule has 0 aliphatic carbocycles. The van der Waals surface area contributed by atoms with Gasteiger partial charge in [-0.25, -0.2) is 18.6 Å². The Morgan fingerprint density at radius 3 is 2.50 bits per heavy atom. The lowest BCUT2D eigenvalue weighted by atomic mass is 10.2. The van der Waals surface area contributed by atoms with Crippen LogP contribution in [0.15, 0.2) is 10.9 Å². The molecule has 2 N–H and O–H groups in total. The first-order chi connectivity index (χ1) is 7.34. The van der Waals surface area contributed by atoms with Gasteiger partial charge in [0.15, 0.2) is 11.3 Å². The van der Waals surface area contributed by atoms with Crippen LogP contribution in [0.25, 0.3) is 0 Å². The second kappa shape index (κ2) is 4.04. The summed E-state index contributed by atoms with van der Waals surface area (Å²) in [5.41, 5.74) is -3.51. The van der Waals surface area contributed by atoms with E-state index < -0.39 is 39.8 Å². The van der Waals surface area contributed by atoms with Gasteiger partial charge in [0.25, 0.3) is 6.43 Å². The van der Waals surface area contributed by atoms with E-state index in [2.05, 4.69) is 0 Å². The summed E-state index contributed by atoms with van der Waals surface area (Å²) in [7, 11) is 0. The molecule has 16 heavy (non-hydrogen) atoms. The molecule has 1 heterocycles. The van der Waals surface area contributed by atoms with Crippen LogP contribution in [0.2, 0.25) is 0 Å². The number of carboxylic acid groups (broad SMARTS) is 1. The van der Waals surface area contributed by atoms with Crippen molar-refractivity contribution in [1.29, 1.82) is 0 Å². The van der Waals surface area contributed by atoms with Crippen molar-refractivity contribution in [2.45, 2.75) is 6.43 Å². The monoisotopic (exact) mass is 234 g/mol. The summed E-state index contributed by atoms with van der Waals surface area (Å²) in [6.07, 6.45) is -3.13. The summed E-state index contributed by atoms with van der Waals surface area (Å²) >= 11 is 0. The molecule has 0 bridgehead atoms. The number of hydrogen-bond donors (Lipinski definition) is 2. The molecule has 0 atom stereocenters. The van der Waals surface area contributed by atoms with E-state index in [9.17, 15) is 28.5 Å². The van der Waals surface area contributed by atoms with Gasteiger partial charge in [-0.05, 0) is 4.92 Å². The minimum atomic E-state index is -3.13. The largest absolute Gasteiger partial charge is 0.477 e. The number of carboxylic acids is 1. The zero-order valence-corrected chi connectivity index (χ0v) is 7.44. The Kier molecular flexibility index (Phi) is 2.97. The molecule has 0 saturated heterocycles. The van der Waals surface area contributed by atoms with E-state index >= 15 is 0 Å². The molecule has 0 saturated carbocycles. The zero-order chi connectivity index (χ0) is 12.5. The first kappa shape index (κ1) is 11.8. The van der Waals surface area contributed by atoms with E-state index in [-0.39, 0.29) is 0 Å². The molecule has 1 aromatic heterocycles. The third kappa shape index (κ3) is 2.02. The standard InChI is InChI=1S/C7H4F2N2O5/c8-5(9)2-1-3(12)4(7(13)14)6(10-2)11(15)16/h1,5H,(H,10,12)(H,13,14). The van der Waals surface area contributed by atoms with Gasteiger partial charge < -0.3 is 15.2 Å². The minimum absolute atomic E-state index is 0.321. The van der Waals surface area contributed by atoms with Gasteiger partial charge in [-0.1, -0.05) is 0 Å². The average molecular weight is 234 g/mol. The lowest BCUT2D eigenvalue weighted by molar-refractivity contribution is -0.390. The highest BCUT2D eigenvalue weighted by Crippen LogP contribution is 2.19. The summed E-state index contributed by atoms with van der Waals surface area (Å²) in [5, 5.41) is 18.9. The first-order valence-corrected chi connectivity index (χ1v) is 3.77. The quantitative estimate of drug-likeness (QED) is 0.596. The number of nitro groups is 1. The summed E-state index contributed by atoms with van der Waals surface area (Å²) < 4.78 is 24.4. The summed E-state index contributed by atoms with van der Waals surface area (Å²) in [5.74, 6) is -3.11. The van der Waals surface area contributed by atoms with Crippen LogP contribution in [-0.4, -0.2) is 21.0 Å². The van der Waals surface area contributed by atoms with Crippen LogP contribution in [0.3, 0.4) is 0 Å². The highest BCUT2D eigenvalue weighted by molar-refractivity contribution is 5.91. The van der Waals surface area contributed by atoms with E-state index in [4.69, 9.17) is 5.11 Å². The van der Waals surface area contributed by atoms with Crippen LogP contribution in [0.4, 0.5) is 14.6 Å². The van der Waals surface area contributed by atoms with Crippen molar-refractivity contribution >= 4 is 11.8 Å². The number of rotatable bonds is 3. The Morgan fingerprint density at radius 1 is 1.56 bits per heavy atom. The van der Waals surface area contributed by atoms with Gasteiger partial charge in [-0.3, -0.25) is 4.79 Å². The van der Waals surface area contributed by atoms with Crippen molar-refractivity contribution in [1.82, 2.24) is 4.98 Å². The second-order valence-corrected chi connectivity index (χ2v) is 2.68. The van der Waals surface area contributed by atoms with Crippen LogP contribution >= 0.6 is 0 Å². The van der Waals surface area contributed by atoms with Crippen LogP contribution in [-0.2, 0) is 0 Å². The minimum Gasteiger partial charge on any atom is -0.477 e. The van der Waals surface area contributed by atoms with E-state index in [0.29, 0.717) is 6.07 Å². The normalized spacial score (nSPS) is 10.4. The highest BCUT2D eigenvalue weighted by Gasteiger charge is 2.26. The van der Waals surface area contributed by atoms with Crippen LogP contribution in [0.5, 0.6) is 0 Å². The van der Waals surface area contributed by atoms with Crippen LogP contribution in [0, 0.1) is 10.1 Å². The molecular formula is C7H4F2N2O5. The Hall–Kier alpha value is -2.32. The lowest BCUT2D eigenvalue weighted by Crippen LogP contribution is -2.19. The molecule has 7 nitrogen and oxygen atoms in total. The SMILES string of the molecule is O=C(O)c1c([N+](=O)[O-])[nH]c(C(F)F)cc1=O. The van der Waals surface area contributed by atoms with Crippen LogP contribution in [0.1, 0.15) is 22.5 Å². The van der Waals surface area contributed by atoms with Gasteiger partial charge in [0.2, 0.25) is 5.43 Å². The Bertz CT molecular complexity index is 510. The zero-order valence-electron chi connectivity index (χ0n) is 7.44. The molecule has 86 valence electrons. The Balaban J connectivity index is 3.59. The molecule has 0 unspecified atom stereocenters. The fraction of sp³-hybridized carbons (Fsp3) is 0.143. The number of aromatic amines is 1. The summed E-state index contributed by atoms with van der Waals surface area (Å²) in [4.78, 5) is 32.3. The van der Waals surface area contributed by atoms with Crippen LogP contribution < -0.4 is 5.43 Å². The molecule has 0 spiro atoms. The number of halogens is 2.